The van der Waals surface area contributed by atoms with Gasteiger partial charge in [0.2, 0.25) is 5.13 Å². The van der Waals surface area contributed by atoms with E-state index >= 15 is 0 Å². The number of carbonyl (C=O) groups excluding carboxylic acids is 1. The molecule has 4 aromatic rings. The lowest BCUT2D eigenvalue weighted by Gasteiger charge is -2.05. The second kappa shape index (κ2) is 9.51. The predicted molar refractivity (Wildman–Crippen MR) is 125 cm³/mol. The molecule has 4 rings (SSSR count). The second-order valence-electron chi connectivity index (χ2n) is 6.39. The molecule has 2 N–H and O–H groups in total. The molecule has 0 unspecified atom stereocenters. The van der Waals surface area contributed by atoms with Crippen LogP contribution in [0.1, 0.15) is 23.0 Å². The average molecular weight is 473 g/mol. The van der Waals surface area contributed by atoms with Crippen LogP contribution in [0.15, 0.2) is 57.7 Å². The number of para-hydroxylation sites is 1. The number of aromatic amines is 1. The highest BCUT2D eigenvalue weighted by molar-refractivity contribution is 8.00. The maximum atomic E-state index is 12.4. The van der Waals surface area contributed by atoms with Crippen LogP contribution in [-0.2, 0) is 5.75 Å². The number of nitrogens with zero attached hydrogens (tertiary/aromatic N) is 2. The molecule has 2 aromatic carbocycles. The van der Waals surface area contributed by atoms with Crippen LogP contribution in [0.2, 0.25) is 5.02 Å². The van der Waals surface area contributed by atoms with E-state index < -0.39 is 0 Å². The van der Waals surface area contributed by atoms with Gasteiger partial charge in [0.15, 0.2) is 9.77 Å². The van der Waals surface area contributed by atoms with Gasteiger partial charge in [-0.15, -0.1) is 10.2 Å². The number of fused-ring (bicyclic) bond motifs is 1. The van der Waals surface area contributed by atoms with E-state index in [9.17, 15) is 9.59 Å². The molecule has 0 spiro atoms. The normalized spacial score (nSPS) is 10.9. The minimum atomic E-state index is -0.274. The number of amides is 1. The van der Waals surface area contributed by atoms with Gasteiger partial charge in [0.25, 0.3) is 5.91 Å². The number of pyridine rings is 1. The predicted octanol–water partition coefficient (Wildman–Crippen LogP) is 4.98. The summed E-state index contributed by atoms with van der Waals surface area (Å²) in [6.07, 6.45) is 0. The van der Waals surface area contributed by atoms with Crippen LogP contribution < -0.4 is 15.5 Å². The SMILES string of the molecule is CCOc1ccc(C(=O)Nc2nnc(SCc3cc(=O)c4cccc(Cl)c4[nH]3)s2)cc1. The topological polar surface area (TPSA) is 97.0 Å². The molecule has 0 aliphatic carbocycles. The van der Waals surface area contributed by atoms with Gasteiger partial charge in [0.05, 0.1) is 17.1 Å². The summed E-state index contributed by atoms with van der Waals surface area (Å²) < 4.78 is 6.05. The Morgan fingerprint density at radius 2 is 2.03 bits per heavy atom. The van der Waals surface area contributed by atoms with Crippen molar-refractivity contribution in [2.45, 2.75) is 17.0 Å². The zero-order chi connectivity index (χ0) is 21.8. The Morgan fingerprint density at radius 1 is 1.23 bits per heavy atom. The van der Waals surface area contributed by atoms with E-state index in [1.807, 2.05) is 6.92 Å². The Bertz CT molecular complexity index is 1290. The Balaban J connectivity index is 1.40. The number of thioether (sulfide) groups is 1. The van der Waals surface area contributed by atoms with Crippen LogP contribution >= 0.6 is 34.7 Å². The molecule has 2 heterocycles. The minimum Gasteiger partial charge on any atom is -0.494 e. The van der Waals surface area contributed by atoms with E-state index in [0.717, 1.165) is 5.69 Å². The summed E-state index contributed by atoms with van der Waals surface area (Å²) >= 11 is 8.88. The molecule has 31 heavy (non-hydrogen) atoms. The lowest BCUT2D eigenvalue weighted by atomic mass is 10.2. The summed E-state index contributed by atoms with van der Waals surface area (Å²) in [5.74, 6) is 0.920. The number of hydrogen-bond acceptors (Lipinski definition) is 7. The van der Waals surface area contributed by atoms with Gasteiger partial charge < -0.3 is 9.72 Å². The monoisotopic (exact) mass is 472 g/mol. The van der Waals surface area contributed by atoms with E-state index in [0.29, 0.717) is 49.1 Å². The maximum Gasteiger partial charge on any atom is 0.257 e. The van der Waals surface area contributed by atoms with E-state index in [2.05, 4.69) is 20.5 Å². The summed E-state index contributed by atoms with van der Waals surface area (Å²) in [5.41, 5.74) is 1.75. The van der Waals surface area contributed by atoms with Gasteiger partial charge in [-0.2, -0.15) is 0 Å². The second-order valence-corrected chi connectivity index (χ2v) is 9.00. The van der Waals surface area contributed by atoms with Crippen molar-refractivity contribution in [3.8, 4) is 5.75 Å². The van der Waals surface area contributed by atoms with Crippen molar-refractivity contribution < 1.29 is 9.53 Å². The number of carbonyl (C=O) groups is 1. The van der Waals surface area contributed by atoms with Gasteiger partial charge in [-0.1, -0.05) is 40.8 Å². The Labute approximate surface area is 190 Å². The van der Waals surface area contributed by atoms with Crippen molar-refractivity contribution in [1.29, 1.82) is 0 Å². The molecule has 10 heteroatoms. The molecule has 7 nitrogen and oxygen atoms in total. The molecule has 0 saturated heterocycles. The standard InChI is InChI=1S/C21H17ClN4O3S2/c1-2-29-14-8-6-12(7-9-14)19(28)24-20-25-26-21(31-20)30-11-13-10-17(27)15-4-3-5-16(22)18(15)23-13/h3-10H,2,11H2,1H3,(H,23,27)(H,24,25,28). The van der Waals surface area contributed by atoms with E-state index in [1.54, 1.807) is 48.5 Å². The number of aromatic nitrogens is 3. The molecule has 0 aliphatic heterocycles. The first-order valence-electron chi connectivity index (χ1n) is 9.34. The van der Waals surface area contributed by atoms with Crippen molar-refractivity contribution in [1.82, 2.24) is 15.2 Å². The minimum absolute atomic E-state index is 0.0904. The number of hydrogen-bond donors (Lipinski definition) is 2. The fourth-order valence-electron chi connectivity index (χ4n) is 2.86. The van der Waals surface area contributed by atoms with Crippen LogP contribution in [0.4, 0.5) is 5.13 Å². The summed E-state index contributed by atoms with van der Waals surface area (Å²) in [5, 5.41) is 12.3. The summed E-state index contributed by atoms with van der Waals surface area (Å²) in [6.45, 7) is 2.47. The highest BCUT2D eigenvalue weighted by Gasteiger charge is 2.12. The molecular weight excluding hydrogens is 456 g/mol. The number of anilines is 1. The number of nitrogens with one attached hydrogen (secondary N) is 2. The third kappa shape index (κ3) is 5.07. The molecule has 0 fully saturated rings. The number of halogens is 1. The smallest absolute Gasteiger partial charge is 0.257 e. The molecule has 1 amide bonds. The number of rotatable bonds is 7. The molecule has 0 radical (unpaired) electrons. The van der Waals surface area contributed by atoms with Crippen molar-refractivity contribution in [2.75, 3.05) is 11.9 Å². The average Bonchev–Trinajstić information content (AvgIpc) is 3.21. The first-order chi connectivity index (χ1) is 15.0. The molecule has 158 valence electrons. The highest BCUT2D eigenvalue weighted by Crippen LogP contribution is 2.29. The molecule has 0 aliphatic rings. The van der Waals surface area contributed by atoms with Crippen molar-refractivity contribution >= 4 is 56.6 Å². The van der Waals surface area contributed by atoms with Crippen molar-refractivity contribution in [2.24, 2.45) is 0 Å². The van der Waals surface area contributed by atoms with E-state index in [-0.39, 0.29) is 11.3 Å². The molecule has 2 aromatic heterocycles. The van der Waals surface area contributed by atoms with Gasteiger partial charge in [-0.3, -0.25) is 14.9 Å². The molecule has 0 bridgehead atoms. The Hall–Kier alpha value is -2.88. The summed E-state index contributed by atoms with van der Waals surface area (Å²) in [4.78, 5) is 27.9. The first-order valence-corrected chi connectivity index (χ1v) is 11.5. The zero-order valence-corrected chi connectivity index (χ0v) is 18.7. The Kier molecular flexibility index (Phi) is 6.55. The van der Waals surface area contributed by atoms with Gasteiger partial charge >= 0.3 is 0 Å². The number of benzene rings is 2. The van der Waals surface area contributed by atoms with E-state index in [4.69, 9.17) is 16.3 Å². The van der Waals surface area contributed by atoms with Crippen molar-refractivity contribution in [3.63, 3.8) is 0 Å². The van der Waals surface area contributed by atoms with Gasteiger partial charge in [-0.05, 0) is 43.3 Å². The largest absolute Gasteiger partial charge is 0.494 e. The van der Waals surface area contributed by atoms with Crippen LogP contribution in [-0.4, -0.2) is 27.7 Å². The summed E-state index contributed by atoms with van der Waals surface area (Å²) in [6, 6.07) is 13.7. The lowest BCUT2D eigenvalue weighted by molar-refractivity contribution is 0.102. The lowest BCUT2D eigenvalue weighted by Crippen LogP contribution is -2.11. The summed E-state index contributed by atoms with van der Waals surface area (Å²) in [7, 11) is 0. The van der Waals surface area contributed by atoms with Gasteiger partial charge in [0, 0.05) is 28.5 Å². The number of H-pyrrole nitrogens is 1. The quantitative estimate of drug-likeness (QED) is 0.291. The van der Waals surface area contributed by atoms with E-state index in [1.165, 1.54) is 23.1 Å². The van der Waals surface area contributed by atoms with Gasteiger partial charge in [-0.25, -0.2) is 0 Å². The number of ether oxygens (including phenoxy) is 1. The highest BCUT2D eigenvalue weighted by atomic mass is 35.5. The third-order valence-corrected chi connectivity index (χ3v) is 6.61. The third-order valence-electron chi connectivity index (χ3n) is 4.28. The fourth-order valence-corrected chi connectivity index (χ4v) is 4.74. The van der Waals surface area contributed by atoms with Gasteiger partial charge in [0.1, 0.15) is 5.75 Å². The molecule has 0 saturated carbocycles. The van der Waals surface area contributed by atoms with Crippen LogP contribution in [0, 0.1) is 0 Å². The first kappa shape index (κ1) is 21.4. The van der Waals surface area contributed by atoms with Crippen LogP contribution in [0.3, 0.4) is 0 Å². The Morgan fingerprint density at radius 3 is 2.81 bits per heavy atom. The molecule has 0 atom stereocenters. The van der Waals surface area contributed by atoms with Crippen LogP contribution in [0.25, 0.3) is 10.9 Å². The van der Waals surface area contributed by atoms with Crippen LogP contribution in [0.5, 0.6) is 5.75 Å². The zero-order valence-electron chi connectivity index (χ0n) is 16.3. The maximum absolute atomic E-state index is 12.4. The molecular formula is C21H17ClN4O3S2. The fraction of sp³-hybridized carbons (Fsp3) is 0.143. The van der Waals surface area contributed by atoms with Crippen molar-refractivity contribution in [3.05, 3.63) is 75.0 Å².